The molecule has 0 aliphatic heterocycles. The summed E-state index contributed by atoms with van der Waals surface area (Å²) in [6.45, 7) is 2.13. The van der Waals surface area contributed by atoms with Crippen LogP contribution >= 0.6 is 15.9 Å². The van der Waals surface area contributed by atoms with E-state index in [1.165, 1.54) is 11.6 Å². The molecular weight excluding hydrogens is 279 g/mol. The van der Waals surface area contributed by atoms with Crippen molar-refractivity contribution in [1.29, 1.82) is 0 Å². The van der Waals surface area contributed by atoms with Crippen molar-refractivity contribution in [3.8, 4) is 0 Å². The number of rotatable bonds is 3. The SMILES string of the molecule is CCc1ccc(C(Br)c2cccc(F)c2)cc1. The van der Waals surface area contributed by atoms with E-state index >= 15 is 0 Å². The zero-order valence-corrected chi connectivity index (χ0v) is 11.2. The highest BCUT2D eigenvalue weighted by molar-refractivity contribution is 9.09. The molecule has 0 aliphatic rings. The van der Waals surface area contributed by atoms with E-state index in [4.69, 9.17) is 0 Å². The van der Waals surface area contributed by atoms with Gasteiger partial charge in [-0.3, -0.25) is 0 Å². The molecule has 0 aliphatic carbocycles. The number of hydrogen-bond donors (Lipinski definition) is 0. The molecule has 1 atom stereocenters. The number of alkyl halides is 1. The number of benzene rings is 2. The van der Waals surface area contributed by atoms with Crippen LogP contribution in [0.2, 0.25) is 0 Å². The second kappa shape index (κ2) is 5.46. The number of aryl methyl sites for hydroxylation is 1. The molecule has 88 valence electrons. The lowest BCUT2D eigenvalue weighted by Gasteiger charge is -2.11. The summed E-state index contributed by atoms with van der Waals surface area (Å²) in [7, 11) is 0. The van der Waals surface area contributed by atoms with Crippen molar-refractivity contribution in [2.45, 2.75) is 18.2 Å². The van der Waals surface area contributed by atoms with Crippen LogP contribution in [0.3, 0.4) is 0 Å². The van der Waals surface area contributed by atoms with Crippen molar-refractivity contribution in [3.05, 3.63) is 71.0 Å². The third kappa shape index (κ3) is 2.95. The van der Waals surface area contributed by atoms with Crippen molar-refractivity contribution in [3.63, 3.8) is 0 Å². The standard InChI is InChI=1S/C15H14BrF/c1-2-11-6-8-12(9-7-11)15(16)13-4-3-5-14(17)10-13/h3-10,15H,2H2,1H3. The first-order valence-corrected chi connectivity index (χ1v) is 6.60. The van der Waals surface area contributed by atoms with Crippen LogP contribution in [-0.4, -0.2) is 0 Å². The van der Waals surface area contributed by atoms with Gasteiger partial charge in [0.25, 0.3) is 0 Å². The van der Waals surface area contributed by atoms with E-state index < -0.39 is 0 Å². The van der Waals surface area contributed by atoms with Crippen LogP contribution in [0.5, 0.6) is 0 Å². The molecule has 0 nitrogen and oxygen atoms in total. The molecule has 0 heterocycles. The first-order valence-electron chi connectivity index (χ1n) is 5.69. The van der Waals surface area contributed by atoms with Crippen LogP contribution in [0.25, 0.3) is 0 Å². The van der Waals surface area contributed by atoms with Gasteiger partial charge in [-0.1, -0.05) is 59.3 Å². The van der Waals surface area contributed by atoms with Gasteiger partial charge in [0.2, 0.25) is 0 Å². The fourth-order valence-corrected chi connectivity index (χ4v) is 2.37. The molecule has 0 spiro atoms. The molecule has 0 aromatic heterocycles. The Morgan fingerprint density at radius 3 is 2.35 bits per heavy atom. The fourth-order valence-electron chi connectivity index (χ4n) is 1.78. The largest absolute Gasteiger partial charge is 0.207 e. The Balaban J connectivity index is 2.27. The van der Waals surface area contributed by atoms with Gasteiger partial charge in [0, 0.05) is 0 Å². The van der Waals surface area contributed by atoms with Crippen molar-refractivity contribution >= 4 is 15.9 Å². The van der Waals surface area contributed by atoms with Crippen LogP contribution in [0.15, 0.2) is 48.5 Å². The lowest BCUT2D eigenvalue weighted by molar-refractivity contribution is 0.626. The summed E-state index contributed by atoms with van der Waals surface area (Å²) >= 11 is 3.61. The van der Waals surface area contributed by atoms with Gasteiger partial charge in [0.15, 0.2) is 0 Å². The average Bonchev–Trinajstić information content (AvgIpc) is 2.38. The molecule has 0 radical (unpaired) electrons. The topological polar surface area (TPSA) is 0 Å². The van der Waals surface area contributed by atoms with Crippen molar-refractivity contribution in [2.24, 2.45) is 0 Å². The number of hydrogen-bond acceptors (Lipinski definition) is 0. The summed E-state index contributed by atoms with van der Waals surface area (Å²) in [5.74, 6) is -0.197. The maximum atomic E-state index is 13.1. The van der Waals surface area contributed by atoms with E-state index in [-0.39, 0.29) is 10.6 Å². The van der Waals surface area contributed by atoms with E-state index in [1.807, 2.05) is 6.07 Å². The summed E-state index contributed by atoms with van der Waals surface area (Å²) in [6, 6.07) is 15.1. The molecule has 1 unspecified atom stereocenters. The summed E-state index contributed by atoms with van der Waals surface area (Å²) in [4.78, 5) is 0.0455. The highest BCUT2D eigenvalue weighted by atomic mass is 79.9. The van der Waals surface area contributed by atoms with Gasteiger partial charge in [-0.2, -0.15) is 0 Å². The van der Waals surface area contributed by atoms with E-state index in [0.717, 1.165) is 17.5 Å². The Labute approximate surface area is 110 Å². The third-order valence-corrected chi connectivity index (χ3v) is 3.88. The summed E-state index contributed by atoms with van der Waals surface area (Å²) in [5.41, 5.74) is 3.40. The highest BCUT2D eigenvalue weighted by Crippen LogP contribution is 2.31. The van der Waals surface area contributed by atoms with Crippen molar-refractivity contribution in [2.75, 3.05) is 0 Å². The van der Waals surface area contributed by atoms with E-state index in [1.54, 1.807) is 12.1 Å². The lowest BCUT2D eigenvalue weighted by atomic mass is 10.0. The molecule has 0 amide bonds. The fraction of sp³-hybridized carbons (Fsp3) is 0.200. The first-order chi connectivity index (χ1) is 8.20. The molecule has 0 saturated heterocycles. The van der Waals surface area contributed by atoms with Crippen molar-refractivity contribution in [1.82, 2.24) is 0 Å². The van der Waals surface area contributed by atoms with Gasteiger partial charge in [-0.05, 0) is 35.2 Å². The zero-order chi connectivity index (χ0) is 12.3. The highest BCUT2D eigenvalue weighted by Gasteiger charge is 2.10. The molecule has 2 rings (SSSR count). The van der Waals surface area contributed by atoms with Gasteiger partial charge in [0.1, 0.15) is 5.82 Å². The third-order valence-electron chi connectivity index (χ3n) is 2.82. The minimum absolute atomic E-state index is 0.0455. The Hall–Kier alpha value is -1.15. The second-order valence-electron chi connectivity index (χ2n) is 4.01. The molecular formula is C15H14BrF. The molecule has 0 saturated carbocycles. The van der Waals surface area contributed by atoms with Gasteiger partial charge in [0.05, 0.1) is 4.83 Å². The smallest absolute Gasteiger partial charge is 0.123 e. The minimum atomic E-state index is -0.197. The van der Waals surface area contributed by atoms with Crippen LogP contribution in [0.1, 0.15) is 28.4 Å². The minimum Gasteiger partial charge on any atom is -0.207 e. The maximum Gasteiger partial charge on any atom is 0.123 e. The summed E-state index contributed by atoms with van der Waals surface area (Å²) in [5, 5.41) is 0. The lowest BCUT2D eigenvalue weighted by Crippen LogP contribution is -1.93. The first kappa shape index (κ1) is 12.3. The predicted molar refractivity (Wildman–Crippen MR) is 73.0 cm³/mol. The predicted octanol–water partition coefficient (Wildman–Crippen LogP) is 4.87. The maximum absolute atomic E-state index is 13.1. The molecule has 2 aromatic rings. The monoisotopic (exact) mass is 292 g/mol. The molecule has 0 N–H and O–H groups in total. The second-order valence-corrected chi connectivity index (χ2v) is 4.93. The van der Waals surface area contributed by atoms with Crippen LogP contribution in [-0.2, 0) is 6.42 Å². The van der Waals surface area contributed by atoms with Crippen LogP contribution in [0.4, 0.5) is 4.39 Å². The average molecular weight is 293 g/mol. The molecule has 0 bridgehead atoms. The summed E-state index contributed by atoms with van der Waals surface area (Å²) < 4.78 is 13.1. The number of halogens is 2. The van der Waals surface area contributed by atoms with Gasteiger partial charge in [-0.25, -0.2) is 4.39 Å². The van der Waals surface area contributed by atoms with E-state index in [2.05, 4.69) is 47.1 Å². The molecule has 17 heavy (non-hydrogen) atoms. The van der Waals surface area contributed by atoms with Gasteiger partial charge >= 0.3 is 0 Å². The Morgan fingerprint density at radius 1 is 1.06 bits per heavy atom. The molecule has 2 heteroatoms. The Morgan fingerprint density at radius 2 is 1.76 bits per heavy atom. The van der Waals surface area contributed by atoms with Gasteiger partial charge in [-0.15, -0.1) is 0 Å². The van der Waals surface area contributed by atoms with Gasteiger partial charge < -0.3 is 0 Å². The molecule has 0 fully saturated rings. The normalized spacial score (nSPS) is 12.4. The quantitative estimate of drug-likeness (QED) is 0.708. The van der Waals surface area contributed by atoms with Crippen LogP contribution in [0, 0.1) is 5.82 Å². The molecule has 2 aromatic carbocycles. The van der Waals surface area contributed by atoms with Crippen LogP contribution < -0.4 is 0 Å². The zero-order valence-electron chi connectivity index (χ0n) is 9.66. The Kier molecular flexibility index (Phi) is 3.95. The van der Waals surface area contributed by atoms with E-state index in [0.29, 0.717) is 0 Å². The van der Waals surface area contributed by atoms with E-state index in [9.17, 15) is 4.39 Å². The Bertz CT molecular complexity index is 491. The summed E-state index contributed by atoms with van der Waals surface area (Å²) in [6.07, 6.45) is 1.03. The van der Waals surface area contributed by atoms with Crippen molar-refractivity contribution < 1.29 is 4.39 Å².